The molecule has 2 aliphatic heterocycles. The smallest absolute Gasteiger partial charge is 0.0543 e. The second-order valence-corrected chi connectivity index (χ2v) is 7.29. The van der Waals surface area contributed by atoms with Crippen LogP contribution < -0.4 is 10.6 Å². The van der Waals surface area contributed by atoms with E-state index in [2.05, 4.69) is 10.6 Å². The van der Waals surface area contributed by atoms with Crippen LogP contribution in [0.3, 0.4) is 0 Å². The summed E-state index contributed by atoms with van der Waals surface area (Å²) in [6, 6.07) is 0. The average Bonchev–Trinajstić information content (AvgIpc) is 3.06. The van der Waals surface area contributed by atoms with Gasteiger partial charge in [-0.15, -0.1) is 24.8 Å². The molecule has 0 radical (unpaired) electrons. The van der Waals surface area contributed by atoms with Crippen LogP contribution in [0.5, 0.6) is 0 Å². The molecule has 0 spiro atoms. The molecule has 4 nitrogen and oxygen atoms in total. The molecule has 6 atom stereocenters. The zero-order valence-corrected chi connectivity index (χ0v) is 14.9. The van der Waals surface area contributed by atoms with Gasteiger partial charge in [0.15, 0.2) is 0 Å². The van der Waals surface area contributed by atoms with Crippen LogP contribution >= 0.6 is 24.8 Å². The lowest BCUT2D eigenvalue weighted by atomic mass is 9.80. The van der Waals surface area contributed by atoms with Crippen molar-refractivity contribution in [3.63, 3.8) is 0 Å². The monoisotopic (exact) mass is 354 g/mol. The highest BCUT2D eigenvalue weighted by Gasteiger charge is 2.33. The van der Waals surface area contributed by atoms with Crippen molar-refractivity contribution in [2.45, 2.75) is 50.7 Å². The lowest BCUT2D eigenvalue weighted by Crippen LogP contribution is -2.26. The Kier molecular flexibility index (Phi) is 8.98. The maximum absolute atomic E-state index is 9.33. The molecule has 0 amide bonds. The van der Waals surface area contributed by atoms with Crippen molar-refractivity contribution >= 4 is 24.8 Å². The van der Waals surface area contributed by atoms with Gasteiger partial charge in [0.1, 0.15) is 0 Å². The highest BCUT2D eigenvalue weighted by Crippen LogP contribution is 2.33. The Morgan fingerprint density at radius 1 is 0.545 bits per heavy atom. The van der Waals surface area contributed by atoms with Crippen molar-refractivity contribution in [1.29, 1.82) is 0 Å². The maximum Gasteiger partial charge on any atom is 0.0543 e. The highest BCUT2D eigenvalue weighted by atomic mass is 35.5. The molecular weight excluding hydrogens is 323 g/mol. The zero-order valence-electron chi connectivity index (χ0n) is 13.2. The lowest BCUT2D eigenvalue weighted by molar-refractivity contribution is 0.0865. The van der Waals surface area contributed by atoms with Crippen molar-refractivity contribution in [2.75, 3.05) is 26.2 Å². The molecule has 0 bridgehead atoms. The molecule has 2 saturated heterocycles. The molecule has 4 fully saturated rings. The van der Waals surface area contributed by atoms with Crippen LogP contribution in [0.25, 0.3) is 0 Å². The third-order valence-electron chi connectivity index (χ3n) is 5.85. The Morgan fingerprint density at radius 2 is 0.909 bits per heavy atom. The van der Waals surface area contributed by atoms with Crippen LogP contribution in [0.4, 0.5) is 0 Å². The highest BCUT2D eigenvalue weighted by molar-refractivity contribution is 5.85. The van der Waals surface area contributed by atoms with Crippen LogP contribution in [0.15, 0.2) is 0 Å². The third-order valence-corrected chi connectivity index (χ3v) is 5.85. The quantitative estimate of drug-likeness (QED) is 0.533. The molecule has 4 rings (SSSR count). The van der Waals surface area contributed by atoms with Gasteiger partial charge in [0.2, 0.25) is 0 Å². The van der Waals surface area contributed by atoms with E-state index in [1.165, 1.54) is 25.9 Å². The fourth-order valence-corrected chi connectivity index (χ4v) is 4.55. The Labute approximate surface area is 146 Å². The van der Waals surface area contributed by atoms with E-state index in [1.54, 1.807) is 0 Å². The molecule has 2 aliphatic carbocycles. The summed E-state index contributed by atoms with van der Waals surface area (Å²) < 4.78 is 0. The van der Waals surface area contributed by atoms with Crippen molar-refractivity contribution < 1.29 is 10.2 Å². The van der Waals surface area contributed by atoms with Crippen molar-refractivity contribution in [3.05, 3.63) is 0 Å². The van der Waals surface area contributed by atoms with E-state index in [1.807, 2.05) is 0 Å². The van der Waals surface area contributed by atoms with Gasteiger partial charge in [0, 0.05) is 0 Å². The molecule has 2 saturated carbocycles. The fraction of sp³-hybridized carbons (Fsp3) is 1.00. The predicted octanol–water partition coefficient (Wildman–Crippen LogP) is 1.58. The molecule has 132 valence electrons. The second-order valence-electron chi connectivity index (χ2n) is 7.29. The summed E-state index contributed by atoms with van der Waals surface area (Å²) in [6.45, 7) is 4.66. The molecule has 4 N–H and O–H groups in total. The largest absolute Gasteiger partial charge is 0.393 e. The molecule has 0 aromatic carbocycles. The van der Waals surface area contributed by atoms with Crippen molar-refractivity contribution in [1.82, 2.24) is 10.6 Å². The zero-order chi connectivity index (χ0) is 13.9. The van der Waals surface area contributed by atoms with Crippen molar-refractivity contribution in [2.24, 2.45) is 23.7 Å². The van der Waals surface area contributed by atoms with Gasteiger partial charge in [0.25, 0.3) is 0 Å². The van der Waals surface area contributed by atoms with E-state index in [4.69, 9.17) is 0 Å². The van der Waals surface area contributed by atoms with E-state index >= 15 is 0 Å². The Morgan fingerprint density at radius 3 is 1.32 bits per heavy atom. The Hall–Kier alpha value is 0.420. The number of rotatable bonds is 0. The van der Waals surface area contributed by atoms with Gasteiger partial charge in [-0.3, -0.25) is 0 Å². The summed E-state index contributed by atoms with van der Waals surface area (Å²) in [5, 5.41) is 25.4. The second kappa shape index (κ2) is 9.65. The minimum Gasteiger partial charge on any atom is -0.393 e. The van der Waals surface area contributed by atoms with E-state index in [0.717, 1.165) is 62.4 Å². The number of aliphatic hydroxyl groups excluding tert-OH is 2. The predicted molar refractivity (Wildman–Crippen MR) is 93.9 cm³/mol. The first-order valence-corrected chi connectivity index (χ1v) is 8.50. The van der Waals surface area contributed by atoms with E-state index in [9.17, 15) is 10.2 Å². The third kappa shape index (κ3) is 5.22. The summed E-state index contributed by atoms with van der Waals surface area (Å²) in [7, 11) is 0. The molecule has 22 heavy (non-hydrogen) atoms. The standard InChI is InChI=1S/2C8H15NO.2ClH/c2*10-8-2-1-6-4-9-5-7(6)3-8;;/h2*6-10H,1-5H2;2*1H/t2*6-,7+,8+;;/m10../s1. The number of fused-ring (bicyclic) bond motifs is 2. The summed E-state index contributed by atoms with van der Waals surface area (Å²) in [6.07, 6.45) is 6.61. The first kappa shape index (κ1) is 20.5. The van der Waals surface area contributed by atoms with Crippen LogP contribution in [0, 0.1) is 23.7 Å². The Bertz CT molecular complexity index is 293. The van der Waals surface area contributed by atoms with Crippen LogP contribution in [-0.4, -0.2) is 48.6 Å². The molecular formula is C16H32Cl2N2O2. The maximum atomic E-state index is 9.33. The lowest BCUT2D eigenvalue weighted by Gasteiger charge is -2.27. The van der Waals surface area contributed by atoms with Crippen molar-refractivity contribution in [3.8, 4) is 0 Å². The normalized spacial score (nSPS) is 42.8. The number of aliphatic hydroxyl groups is 2. The number of hydrogen-bond donors (Lipinski definition) is 4. The molecule has 4 aliphatic rings. The van der Waals surface area contributed by atoms with Gasteiger partial charge in [-0.05, 0) is 88.4 Å². The van der Waals surface area contributed by atoms with Gasteiger partial charge >= 0.3 is 0 Å². The minimum atomic E-state index is 0. The first-order chi connectivity index (χ1) is 9.72. The molecule has 0 aromatic heterocycles. The van der Waals surface area contributed by atoms with Gasteiger partial charge < -0.3 is 20.8 Å². The van der Waals surface area contributed by atoms with Crippen LogP contribution in [0.2, 0.25) is 0 Å². The molecule has 2 heterocycles. The van der Waals surface area contributed by atoms with E-state index in [-0.39, 0.29) is 37.0 Å². The minimum absolute atomic E-state index is 0. The number of hydrogen-bond acceptors (Lipinski definition) is 4. The summed E-state index contributed by atoms with van der Waals surface area (Å²) in [5.74, 6) is 3.32. The van der Waals surface area contributed by atoms with Crippen LogP contribution in [-0.2, 0) is 0 Å². The van der Waals surface area contributed by atoms with E-state index < -0.39 is 0 Å². The van der Waals surface area contributed by atoms with Crippen LogP contribution in [0.1, 0.15) is 38.5 Å². The molecule has 0 aromatic rings. The summed E-state index contributed by atoms with van der Waals surface area (Å²) >= 11 is 0. The number of halogens is 2. The Balaban J connectivity index is 0.000000202. The van der Waals surface area contributed by atoms with Gasteiger partial charge in [0.05, 0.1) is 12.2 Å². The SMILES string of the molecule is Cl.Cl.O[C@@H]1CC[C@H]2CNC[C@H]2C1.O[C@H]1CC[C@@H]2CNC[C@@H]2C1. The van der Waals surface area contributed by atoms with Gasteiger partial charge in [-0.25, -0.2) is 0 Å². The van der Waals surface area contributed by atoms with Gasteiger partial charge in [-0.2, -0.15) is 0 Å². The summed E-state index contributed by atoms with van der Waals surface area (Å²) in [4.78, 5) is 0. The molecule has 6 heteroatoms. The fourth-order valence-electron chi connectivity index (χ4n) is 4.55. The van der Waals surface area contributed by atoms with E-state index in [0.29, 0.717) is 0 Å². The first-order valence-electron chi connectivity index (χ1n) is 8.50. The molecule has 0 unspecified atom stereocenters. The topological polar surface area (TPSA) is 64.5 Å². The average molecular weight is 355 g/mol. The number of nitrogens with one attached hydrogen (secondary N) is 2. The summed E-state index contributed by atoms with van der Waals surface area (Å²) in [5.41, 5.74) is 0. The van der Waals surface area contributed by atoms with Gasteiger partial charge in [-0.1, -0.05) is 0 Å².